The number of halogens is 1. The van der Waals surface area contributed by atoms with Gasteiger partial charge in [-0.15, -0.1) is 0 Å². The van der Waals surface area contributed by atoms with E-state index in [0.717, 1.165) is 10.0 Å². The fraction of sp³-hybridized carbons (Fsp3) is 0.0476. The predicted octanol–water partition coefficient (Wildman–Crippen LogP) is 4.31. The van der Waals surface area contributed by atoms with E-state index in [9.17, 15) is 9.59 Å². The summed E-state index contributed by atoms with van der Waals surface area (Å²) >= 11 is 3.43. The molecule has 0 radical (unpaired) electrons. The smallest absolute Gasteiger partial charge is 0.253 e. The molecule has 3 aromatic carbocycles. The van der Waals surface area contributed by atoms with Crippen LogP contribution in [0.1, 0.15) is 32.4 Å². The first-order chi connectivity index (χ1) is 12.6. The van der Waals surface area contributed by atoms with Crippen molar-refractivity contribution < 1.29 is 9.59 Å². The van der Waals surface area contributed by atoms with Gasteiger partial charge >= 0.3 is 0 Å². The van der Waals surface area contributed by atoms with Crippen LogP contribution in [0.5, 0.6) is 0 Å². The third kappa shape index (κ3) is 4.58. The molecule has 0 atom stereocenters. The molecule has 0 bridgehead atoms. The molecule has 0 aliphatic carbocycles. The average molecular weight is 409 g/mol. The number of nitrogens with one attached hydrogen (secondary N) is 2. The molecule has 3 aromatic rings. The van der Waals surface area contributed by atoms with Gasteiger partial charge in [0.1, 0.15) is 6.17 Å². The van der Waals surface area contributed by atoms with E-state index in [-0.39, 0.29) is 11.8 Å². The Morgan fingerprint density at radius 1 is 0.692 bits per heavy atom. The number of hydrogen-bond acceptors (Lipinski definition) is 2. The molecule has 0 heterocycles. The van der Waals surface area contributed by atoms with Gasteiger partial charge in [-0.25, -0.2) is 0 Å². The first-order valence-electron chi connectivity index (χ1n) is 8.11. The molecule has 2 N–H and O–H groups in total. The van der Waals surface area contributed by atoms with E-state index in [4.69, 9.17) is 0 Å². The van der Waals surface area contributed by atoms with Gasteiger partial charge in [0, 0.05) is 15.6 Å². The molecule has 0 aliphatic heterocycles. The van der Waals surface area contributed by atoms with Crippen molar-refractivity contribution in [3.05, 3.63) is 106 Å². The van der Waals surface area contributed by atoms with Crippen molar-refractivity contribution in [1.29, 1.82) is 0 Å². The van der Waals surface area contributed by atoms with Crippen molar-refractivity contribution >= 4 is 27.7 Å². The number of rotatable bonds is 5. The molecular formula is C21H17BrN2O2. The fourth-order valence-electron chi connectivity index (χ4n) is 2.50. The molecule has 5 heteroatoms. The van der Waals surface area contributed by atoms with Crippen molar-refractivity contribution in [2.45, 2.75) is 6.17 Å². The van der Waals surface area contributed by atoms with Crippen LogP contribution in [0.25, 0.3) is 0 Å². The maximum absolute atomic E-state index is 12.6. The summed E-state index contributed by atoms with van der Waals surface area (Å²) < 4.78 is 0.864. The molecule has 0 aromatic heterocycles. The lowest BCUT2D eigenvalue weighted by molar-refractivity contribution is 0.0883. The van der Waals surface area contributed by atoms with Crippen LogP contribution in [0.4, 0.5) is 0 Å². The Balaban J connectivity index is 1.84. The van der Waals surface area contributed by atoms with Crippen LogP contribution in [-0.4, -0.2) is 11.8 Å². The van der Waals surface area contributed by atoms with E-state index in [2.05, 4.69) is 26.6 Å². The zero-order valence-corrected chi connectivity index (χ0v) is 15.4. The Bertz CT molecular complexity index is 845. The molecule has 0 unspecified atom stereocenters. The topological polar surface area (TPSA) is 58.2 Å². The Kier molecular flexibility index (Phi) is 5.81. The summed E-state index contributed by atoms with van der Waals surface area (Å²) in [6.07, 6.45) is -0.659. The normalized spacial score (nSPS) is 10.4. The van der Waals surface area contributed by atoms with Gasteiger partial charge in [0.15, 0.2) is 0 Å². The molecule has 130 valence electrons. The summed E-state index contributed by atoms with van der Waals surface area (Å²) in [6, 6.07) is 25.3. The molecule has 0 saturated carbocycles. The van der Waals surface area contributed by atoms with Crippen molar-refractivity contribution in [2.75, 3.05) is 0 Å². The second-order valence-corrected chi connectivity index (χ2v) is 6.58. The van der Waals surface area contributed by atoms with E-state index in [1.807, 2.05) is 36.4 Å². The van der Waals surface area contributed by atoms with E-state index < -0.39 is 6.17 Å². The second kappa shape index (κ2) is 8.45. The zero-order chi connectivity index (χ0) is 18.4. The van der Waals surface area contributed by atoms with Crippen molar-refractivity contribution in [1.82, 2.24) is 10.6 Å². The van der Waals surface area contributed by atoms with Gasteiger partial charge in [-0.3, -0.25) is 9.59 Å². The summed E-state index contributed by atoms with van der Waals surface area (Å²) in [5.41, 5.74) is 1.83. The van der Waals surface area contributed by atoms with Crippen molar-refractivity contribution in [3.8, 4) is 0 Å². The molecule has 0 aliphatic rings. The largest absolute Gasteiger partial charge is 0.328 e. The van der Waals surface area contributed by atoms with Crippen LogP contribution in [-0.2, 0) is 0 Å². The lowest BCUT2D eigenvalue weighted by Crippen LogP contribution is -2.41. The summed E-state index contributed by atoms with van der Waals surface area (Å²) in [6.45, 7) is 0. The number of benzene rings is 3. The Hall–Kier alpha value is -2.92. The monoisotopic (exact) mass is 408 g/mol. The molecule has 3 rings (SSSR count). The number of amides is 2. The van der Waals surface area contributed by atoms with Crippen molar-refractivity contribution in [2.24, 2.45) is 0 Å². The highest BCUT2D eigenvalue weighted by Crippen LogP contribution is 2.18. The molecular weight excluding hydrogens is 392 g/mol. The van der Waals surface area contributed by atoms with Gasteiger partial charge in [-0.1, -0.05) is 64.5 Å². The van der Waals surface area contributed by atoms with Gasteiger partial charge < -0.3 is 10.6 Å². The lowest BCUT2D eigenvalue weighted by Gasteiger charge is -2.21. The van der Waals surface area contributed by atoms with Crippen LogP contribution >= 0.6 is 15.9 Å². The number of carbonyl (C=O) groups excluding carboxylic acids is 2. The van der Waals surface area contributed by atoms with Gasteiger partial charge in [0.05, 0.1) is 0 Å². The van der Waals surface area contributed by atoms with E-state index in [1.165, 1.54) is 0 Å². The Morgan fingerprint density at radius 2 is 1.19 bits per heavy atom. The van der Waals surface area contributed by atoms with Gasteiger partial charge in [0.2, 0.25) is 0 Å². The first kappa shape index (κ1) is 17.9. The summed E-state index contributed by atoms with van der Waals surface area (Å²) in [5.74, 6) is -0.520. The third-order valence-electron chi connectivity index (χ3n) is 3.80. The van der Waals surface area contributed by atoms with Crippen molar-refractivity contribution in [3.63, 3.8) is 0 Å². The van der Waals surface area contributed by atoms with Crippen LogP contribution in [0, 0.1) is 0 Å². The summed E-state index contributed by atoms with van der Waals surface area (Å²) in [4.78, 5) is 25.1. The summed E-state index contributed by atoms with van der Waals surface area (Å²) in [7, 11) is 0. The number of hydrogen-bond donors (Lipinski definition) is 2. The van der Waals surface area contributed by atoms with Crippen LogP contribution in [0.15, 0.2) is 89.4 Å². The zero-order valence-electron chi connectivity index (χ0n) is 13.9. The number of carbonyl (C=O) groups is 2. The highest BCUT2D eigenvalue weighted by Gasteiger charge is 2.19. The fourth-order valence-corrected chi connectivity index (χ4v) is 2.91. The van der Waals surface area contributed by atoms with E-state index in [1.54, 1.807) is 48.5 Å². The first-order valence-corrected chi connectivity index (χ1v) is 8.90. The van der Waals surface area contributed by atoms with Crippen LogP contribution < -0.4 is 10.6 Å². The van der Waals surface area contributed by atoms with Crippen LogP contribution in [0.2, 0.25) is 0 Å². The van der Waals surface area contributed by atoms with Gasteiger partial charge in [-0.2, -0.15) is 0 Å². The van der Waals surface area contributed by atoms with E-state index in [0.29, 0.717) is 11.1 Å². The maximum Gasteiger partial charge on any atom is 0.253 e. The molecule has 0 spiro atoms. The minimum absolute atomic E-state index is 0.260. The van der Waals surface area contributed by atoms with Gasteiger partial charge in [-0.05, 0) is 42.0 Å². The Labute approximate surface area is 160 Å². The van der Waals surface area contributed by atoms with E-state index >= 15 is 0 Å². The SMILES string of the molecule is O=C(NC(NC(=O)c1ccccc1)c1cccc(Br)c1)c1ccccc1. The second-order valence-electron chi connectivity index (χ2n) is 5.67. The maximum atomic E-state index is 12.6. The van der Waals surface area contributed by atoms with Crippen LogP contribution in [0.3, 0.4) is 0 Å². The predicted molar refractivity (Wildman–Crippen MR) is 105 cm³/mol. The molecule has 0 fully saturated rings. The molecule has 26 heavy (non-hydrogen) atoms. The minimum Gasteiger partial charge on any atom is -0.328 e. The Morgan fingerprint density at radius 3 is 1.65 bits per heavy atom. The highest BCUT2D eigenvalue weighted by molar-refractivity contribution is 9.10. The lowest BCUT2D eigenvalue weighted by atomic mass is 10.1. The molecule has 0 saturated heterocycles. The molecule has 4 nitrogen and oxygen atoms in total. The van der Waals surface area contributed by atoms with Gasteiger partial charge in [0.25, 0.3) is 11.8 Å². The average Bonchev–Trinajstić information content (AvgIpc) is 2.68. The standard InChI is InChI=1S/C21H17BrN2O2/c22-18-13-7-12-17(14-18)19(23-20(25)15-8-3-1-4-9-15)24-21(26)16-10-5-2-6-11-16/h1-14,19H,(H,23,25)(H,24,26). The summed E-state index contributed by atoms with van der Waals surface area (Å²) in [5, 5.41) is 5.77. The molecule has 2 amide bonds. The quantitative estimate of drug-likeness (QED) is 0.618. The highest BCUT2D eigenvalue weighted by atomic mass is 79.9. The third-order valence-corrected chi connectivity index (χ3v) is 4.30. The minimum atomic E-state index is -0.659.